The zero-order chi connectivity index (χ0) is 13.9. The van der Waals surface area contributed by atoms with Crippen molar-refractivity contribution in [3.8, 4) is 5.75 Å². The van der Waals surface area contributed by atoms with Crippen molar-refractivity contribution in [3.05, 3.63) is 29.8 Å². The Morgan fingerprint density at radius 1 is 1.15 bits per heavy atom. The molecule has 3 rings (SSSR count). The molecule has 1 N–H and O–H groups in total. The van der Waals surface area contributed by atoms with E-state index in [1.54, 1.807) is 7.11 Å². The molecule has 1 aromatic rings. The third kappa shape index (κ3) is 3.35. The quantitative estimate of drug-likeness (QED) is 0.840. The Morgan fingerprint density at radius 2 is 1.90 bits per heavy atom. The first-order valence-electron chi connectivity index (χ1n) is 8.13. The topological polar surface area (TPSA) is 21.3 Å². The van der Waals surface area contributed by atoms with Crippen molar-refractivity contribution in [1.29, 1.82) is 0 Å². The Balaban J connectivity index is 1.60. The SMILES string of the molecule is COc1ccc(C(NCC2CCC(C)C2)C2CC2)cc1. The third-order valence-corrected chi connectivity index (χ3v) is 5.00. The molecule has 20 heavy (non-hydrogen) atoms. The highest BCUT2D eigenvalue weighted by atomic mass is 16.5. The van der Waals surface area contributed by atoms with Gasteiger partial charge in [-0.3, -0.25) is 0 Å². The van der Waals surface area contributed by atoms with Crippen LogP contribution < -0.4 is 10.1 Å². The molecule has 110 valence electrons. The highest BCUT2D eigenvalue weighted by Crippen LogP contribution is 2.41. The molecule has 2 saturated carbocycles. The summed E-state index contributed by atoms with van der Waals surface area (Å²) in [7, 11) is 1.73. The predicted octanol–water partition coefficient (Wildman–Crippen LogP) is 4.17. The second kappa shape index (κ2) is 6.17. The highest BCUT2D eigenvalue weighted by molar-refractivity contribution is 5.30. The van der Waals surface area contributed by atoms with Gasteiger partial charge in [-0.1, -0.05) is 25.5 Å². The van der Waals surface area contributed by atoms with Crippen molar-refractivity contribution in [2.75, 3.05) is 13.7 Å². The number of benzene rings is 1. The summed E-state index contributed by atoms with van der Waals surface area (Å²) in [6.45, 7) is 3.58. The van der Waals surface area contributed by atoms with Gasteiger partial charge in [0.25, 0.3) is 0 Å². The summed E-state index contributed by atoms with van der Waals surface area (Å²) in [5.41, 5.74) is 1.43. The number of rotatable bonds is 6. The van der Waals surface area contributed by atoms with E-state index in [-0.39, 0.29) is 0 Å². The van der Waals surface area contributed by atoms with Crippen LogP contribution in [0.1, 0.15) is 50.6 Å². The Bertz CT molecular complexity index is 424. The van der Waals surface area contributed by atoms with Crippen molar-refractivity contribution in [2.45, 2.75) is 45.1 Å². The van der Waals surface area contributed by atoms with E-state index in [1.165, 1.54) is 44.2 Å². The zero-order valence-corrected chi connectivity index (χ0v) is 12.8. The van der Waals surface area contributed by atoms with Crippen LogP contribution >= 0.6 is 0 Å². The van der Waals surface area contributed by atoms with Gasteiger partial charge in [0.05, 0.1) is 7.11 Å². The Hall–Kier alpha value is -1.02. The monoisotopic (exact) mass is 273 g/mol. The van der Waals surface area contributed by atoms with E-state index >= 15 is 0 Å². The molecule has 0 amide bonds. The van der Waals surface area contributed by atoms with E-state index in [4.69, 9.17) is 4.74 Å². The van der Waals surface area contributed by atoms with Crippen molar-refractivity contribution >= 4 is 0 Å². The van der Waals surface area contributed by atoms with Gasteiger partial charge >= 0.3 is 0 Å². The largest absolute Gasteiger partial charge is 0.497 e. The summed E-state index contributed by atoms with van der Waals surface area (Å²) in [6, 6.07) is 9.18. The maximum Gasteiger partial charge on any atom is 0.118 e. The number of methoxy groups -OCH3 is 1. The molecular weight excluding hydrogens is 246 g/mol. The van der Waals surface area contributed by atoms with Crippen molar-refractivity contribution < 1.29 is 4.74 Å². The number of ether oxygens (including phenoxy) is 1. The Labute approximate surface area is 122 Å². The van der Waals surface area contributed by atoms with Crippen LogP contribution in [0.5, 0.6) is 5.75 Å². The number of hydrogen-bond acceptors (Lipinski definition) is 2. The molecule has 0 radical (unpaired) electrons. The fourth-order valence-corrected chi connectivity index (χ4v) is 3.60. The van der Waals surface area contributed by atoms with Gasteiger partial charge in [-0.2, -0.15) is 0 Å². The van der Waals surface area contributed by atoms with Crippen LogP contribution in [0.15, 0.2) is 24.3 Å². The van der Waals surface area contributed by atoms with Crippen molar-refractivity contribution in [2.24, 2.45) is 17.8 Å². The average Bonchev–Trinajstić information content (AvgIpc) is 3.22. The molecule has 2 heteroatoms. The highest BCUT2D eigenvalue weighted by Gasteiger charge is 2.33. The average molecular weight is 273 g/mol. The Kier molecular flexibility index (Phi) is 4.30. The normalized spacial score (nSPS) is 27.5. The van der Waals surface area contributed by atoms with Gasteiger partial charge in [0.2, 0.25) is 0 Å². The molecular formula is C18H27NO. The van der Waals surface area contributed by atoms with Crippen LogP contribution in [0.3, 0.4) is 0 Å². The zero-order valence-electron chi connectivity index (χ0n) is 12.8. The first-order valence-corrected chi connectivity index (χ1v) is 8.13. The minimum atomic E-state index is 0.553. The molecule has 0 bridgehead atoms. The van der Waals surface area contributed by atoms with Crippen LogP contribution in [-0.2, 0) is 0 Å². The fourth-order valence-electron chi connectivity index (χ4n) is 3.60. The van der Waals surface area contributed by atoms with Gasteiger partial charge in [0.15, 0.2) is 0 Å². The third-order valence-electron chi connectivity index (χ3n) is 5.00. The lowest BCUT2D eigenvalue weighted by Gasteiger charge is -2.21. The summed E-state index contributed by atoms with van der Waals surface area (Å²) in [5, 5.41) is 3.86. The summed E-state index contributed by atoms with van der Waals surface area (Å²) in [6.07, 6.45) is 7.00. The van der Waals surface area contributed by atoms with Gasteiger partial charge in [0.1, 0.15) is 5.75 Å². The summed E-state index contributed by atoms with van der Waals surface area (Å²) < 4.78 is 5.26. The first kappa shape index (κ1) is 13.9. The Morgan fingerprint density at radius 3 is 2.45 bits per heavy atom. The first-order chi connectivity index (χ1) is 9.76. The van der Waals surface area contributed by atoms with E-state index in [0.29, 0.717) is 6.04 Å². The standard InChI is InChI=1S/C18H27NO/c1-13-3-4-14(11-13)12-19-18(15-5-6-15)16-7-9-17(20-2)10-8-16/h7-10,13-15,18-19H,3-6,11-12H2,1-2H3. The van der Waals surface area contributed by atoms with Crippen LogP contribution in [0, 0.1) is 17.8 Å². The second-order valence-electron chi connectivity index (χ2n) is 6.78. The van der Waals surface area contributed by atoms with Crippen LogP contribution in [-0.4, -0.2) is 13.7 Å². The van der Waals surface area contributed by atoms with E-state index in [2.05, 4.69) is 36.5 Å². The van der Waals surface area contributed by atoms with E-state index in [1.807, 2.05) is 0 Å². The molecule has 0 saturated heterocycles. The minimum Gasteiger partial charge on any atom is -0.497 e. The predicted molar refractivity (Wildman–Crippen MR) is 83.0 cm³/mol. The molecule has 2 aliphatic carbocycles. The molecule has 0 heterocycles. The second-order valence-corrected chi connectivity index (χ2v) is 6.78. The lowest BCUT2D eigenvalue weighted by molar-refractivity contribution is 0.401. The molecule has 2 nitrogen and oxygen atoms in total. The molecule has 3 atom stereocenters. The minimum absolute atomic E-state index is 0.553. The number of nitrogens with one attached hydrogen (secondary N) is 1. The molecule has 1 aromatic carbocycles. The molecule has 0 spiro atoms. The molecule has 3 unspecified atom stereocenters. The van der Waals surface area contributed by atoms with E-state index in [0.717, 1.165) is 23.5 Å². The van der Waals surface area contributed by atoms with Gasteiger partial charge in [-0.25, -0.2) is 0 Å². The van der Waals surface area contributed by atoms with Crippen molar-refractivity contribution in [3.63, 3.8) is 0 Å². The van der Waals surface area contributed by atoms with Gasteiger partial charge in [-0.05, 0) is 67.7 Å². The van der Waals surface area contributed by atoms with Gasteiger partial charge in [-0.15, -0.1) is 0 Å². The summed E-state index contributed by atoms with van der Waals surface area (Å²) in [5.74, 6) is 3.63. The molecule has 2 aliphatic rings. The number of hydrogen-bond donors (Lipinski definition) is 1. The summed E-state index contributed by atoms with van der Waals surface area (Å²) in [4.78, 5) is 0. The fraction of sp³-hybridized carbons (Fsp3) is 0.667. The van der Waals surface area contributed by atoms with E-state index in [9.17, 15) is 0 Å². The van der Waals surface area contributed by atoms with Gasteiger partial charge in [0, 0.05) is 6.04 Å². The molecule has 0 aromatic heterocycles. The summed E-state index contributed by atoms with van der Waals surface area (Å²) >= 11 is 0. The lowest BCUT2D eigenvalue weighted by Crippen LogP contribution is -2.28. The van der Waals surface area contributed by atoms with E-state index < -0.39 is 0 Å². The van der Waals surface area contributed by atoms with Crippen LogP contribution in [0.4, 0.5) is 0 Å². The lowest BCUT2D eigenvalue weighted by atomic mass is 10.00. The van der Waals surface area contributed by atoms with Crippen LogP contribution in [0.25, 0.3) is 0 Å². The maximum atomic E-state index is 5.26. The van der Waals surface area contributed by atoms with Crippen LogP contribution in [0.2, 0.25) is 0 Å². The van der Waals surface area contributed by atoms with Gasteiger partial charge < -0.3 is 10.1 Å². The molecule has 2 fully saturated rings. The molecule has 0 aliphatic heterocycles. The maximum absolute atomic E-state index is 5.26. The van der Waals surface area contributed by atoms with Crippen molar-refractivity contribution in [1.82, 2.24) is 5.32 Å². The smallest absolute Gasteiger partial charge is 0.118 e.